The molecule has 0 spiro atoms. The van der Waals surface area contributed by atoms with Crippen LogP contribution in [0.5, 0.6) is 0 Å². The highest BCUT2D eigenvalue weighted by Crippen LogP contribution is 2.13. The topological polar surface area (TPSA) is 47.3 Å². The molecule has 0 aliphatic heterocycles. The summed E-state index contributed by atoms with van der Waals surface area (Å²) < 4.78 is 10.6. The van der Waals surface area contributed by atoms with E-state index in [9.17, 15) is 0 Å². The molecule has 4 heteroatoms. The highest BCUT2D eigenvalue weighted by atomic mass is 16.5. The zero-order valence-electron chi connectivity index (χ0n) is 11.5. The lowest BCUT2D eigenvalue weighted by Crippen LogP contribution is -2.35. The van der Waals surface area contributed by atoms with Crippen molar-refractivity contribution in [3.05, 3.63) is 17.8 Å². The third-order valence-electron chi connectivity index (χ3n) is 2.69. The van der Waals surface area contributed by atoms with E-state index < -0.39 is 0 Å². The van der Waals surface area contributed by atoms with Crippen LogP contribution in [0.2, 0.25) is 0 Å². The number of aryl methyl sites for hydroxylation is 1. The van der Waals surface area contributed by atoms with Crippen molar-refractivity contribution < 1.29 is 9.15 Å². The minimum Gasteiger partial charge on any atom is -0.448 e. The molecule has 1 heterocycles. The van der Waals surface area contributed by atoms with E-state index in [4.69, 9.17) is 9.15 Å². The standard InChI is InChI=1S/C13H24N2O2/c1-10(16-5)6-7-12-11(14-9-17-12)8-15-13(2,3)4/h9-10,15H,6-8H2,1-5H3. The van der Waals surface area contributed by atoms with Gasteiger partial charge in [-0.2, -0.15) is 0 Å². The van der Waals surface area contributed by atoms with E-state index in [2.05, 4.69) is 38.0 Å². The fourth-order valence-electron chi connectivity index (χ4n) is 1.44. The van der Waals surface area contributed by atoms with Gasteiger partial charge in [-0.25, -0.2) is 4.98 Å². The summed E-state index contributed by atoms with van der Waals surface area (Å²) in [7, 11) is 1.73. The zero-order chi connectivity index (χ0) is 12.9. The molecule has 1 aromatic heterocycles. The summed E-state index contributed by atoms with van der Waals surface area (Å²) in [5.41, 5.74) is 1.10. The summed E-state index contributed by atoms with van der Waals surface area (Å²) >= 11 is 0. The first kappa shape index (κ1) is 14.2. The van der Waals surface area contributed by atoms with Gasteiger partial charge in [0.15, 0.2) is 6.39 Å². The van der Waals surface area contributed by atoms with E-state index in [0.29, 0.717) is 0 Å². The van der Waals surface area contributed by atoms with Crippen LogP contribution in [0.1, 0.15) is 45.6 Å². The minimum atomic E-state index is 0.0933. The number of ether oxygens (including phenoxy) is 1. The van der Waals surface area contributed by atoms with Gasteiger partial charge in [0.05, 0.1) is 11.8 Å². The van der Waals surface area contributed by atoms with Gasteiger partial charge in [-0.15, -0.1) is 0 Å². The molecule has 0 bridgehead atoms. The molecule has 17 heavy (non-hydrogen) atoms. The van der Waals surface area contributed by atoms with Crippen molar-refractivity contribution in [1.82, 2.24) is 10.3 Å². The van der Waals surface area contributed by atoms with Gasteiger partial charge < -0.3 is 14.5 Å². The Hall–Kier alpha value is -0.870. The average Bonchev–Trinajstić information content (AvgIpc) is 2.69. The normalized spacial score (nSPS) is 13.9. The van der Waals surface area contributed by atoms with Crippen LogP contribution >= 0.6 is 0 Å². The number of nitrogens with zero attached hydrogens (tertiary/aromatic N) is 1. The Morgan fingerprint density at radius 2 is 2.18 bits per heavy atom. The van der Waals surface area contributed by atoms with Gasteiger partial charge in [0.25, 0.3) is 0 Å². The van der Waals surface area contributed by atoms with Gasteiger partial charge in [0.1, 0.15) is 5.76 Å². The molecule has 4 nitrogen and oxygen atoms in total. The molecule has 1 N–H and O–H groups in total. The third-order valence-corrected chi connectivity index (χ3v) is 2.69. The maximum absolute atomic E-state index is 5.42. The van der Waals surface area contributed by atoms with Crippen molar-refractivity contribution in [2.75, 3.05) is 7.11 Å². The van der Waals surface area contributed by atoms with Crippen LogP contribution < -0.4 is 5.32 Å². The highest BCUT2D eigenvalue weighted by molar-refractivity contribution is 5.07. The number of hydrogen-bond acceptors (Lipinski definition) is 4. The molecule has 0 radical (unpaired) electrons. The van der Waals surface area contributed by atoms with Crippen LogP contribution in [0.3, 0.4) is 0 Å². The second kappa shape index (κ2) is 6.17. The van der Waals surface area contributed by atoms with E-state index in [1.807, 2.05) is 0 Å². The van der Waals surface area contributed by atoms with Crippen LogP contribution in [-0.2, 0) is 17.7 Å². The van der Waals surface area contributed by atoms with Crippen LogP contribution in [0.25, 0.3) is 0 Å². The zero-order valence-corrected chi connectivity index (χ0v) is 11.5. The SMILES string of the molecule is COC(C)CCc1ocnc1CNC(C)(C)C. The van der Waals surface area contributed by atoms with Gasteiger partial charge in [0.2, 0.25) is 0 Å². The summed E-state index contributed by atoms with van der Waals surface area (Å²) in [5, 5.41) is 3.41. The van der Waals surface area contributed by atoms with E-state index in [1.54, 1.807) is 7.11 Å². The quantitative estimate of drug-likeness (QED) is 0.830. The Morgan fingerprint density at radius 1 is 1.47 bits per heavy atom. The number of aromatic nitrogens is 1. The molecule has 1 unspecified atom stereocenters. The maximum Gasteiger partial charge on any atom is 0.181 e. The molecule has 0 aromatic carbocycles. The van der Waals surface area contributed by atoms with E-state index >= 15 is 0 Å². The monoisotopic (exact) mass is 240 g/mol. The molecule has 0 aliphatic carbocycles. The highest BCUT2D eigenvalue weighted by Gasteiger charge is 2.14. The Balaban J connectivity index is 2.48. The number of nitrogens with one attached hydrogen (secondary N) is 1. The number of methoxy groups -OCH3 is 1. The molecule has 98 valence electrons. The molecular weight excluding hydrogens is 216 g/mol. The van der Waals surface area contributed by atoms with Crippen LogP contribution in [0, 0.1) is 0 Å². The predicted molar refractivity (Wildman–Crippen MR) is 67.9 cm³/mol. The van der Waals surface area contributed by atoms with Gasteiger partial charge >= 0.3 is 0 Å². The number of rotatable bonds is 6. The van der Waals surface area contributed by atoms with Crippen molar-refractivity contribution in [2.24, 2.45) is 0 Å². The number of oxazole rings is 1. The smallest absolute Gasteiger partial charge is 0.181 e. The minimum absolute atomic E-state index is 0.0933. The molecule has 1 rings (SSSR count). The molecule has 0 amide bonds. The Bertz CT molecular complexity index is 328. The molecule has 0 fully saturated rings. The predicted octanol–water partition coefficient (Wildman–Crippen LogP) is 2.53. The summed E-state index contributed by atoms with van der Waals surface area (Å²) in [4.78, 5) is 4.25. The second-order valence-electron chi connectivity index (χ2n) is 5.41. The summed E-state index contributed by atoms with van der Waals surface area (Å²) in [6, 6.07) is 0. The fraction of sp³-hybridized carbons (Fsp3) is 0.769. The largest absolute Gasteiger partial charge is 0.448 e. The molecule has 1 atom stereocenters. The van der Waals surface area contributed by atoms with Crippen molar-refractivity contribution in [2.45, 2.75) is 58.7 Å². The Labute approximate surface area is 104 Å². The lowest BCUT2D eigenvalue weighted by molar-refractivity contribution is 0.110. The Kier molecular flexibility index (Phi) is 5.15. The maximum atomic E-state index is 5.42. The molecule has 0 saturated carbocycles. The average molecular weight is 240 g/mol. The summed E-state index contributed by atoms with van der Waals surface area (Å²) in [6.45, 7) is 9.22. The first-order valence-electron chi connectivity index (χ1n) is 6.11. The van der Waals surface area contributed by atoms with Crippen LogP contribution in [0.4, 0.5) is 0 Å². The van der Waals surface area contributed by atoms with Gasteiger partial charge in [0, 0.05) is 25.6 Å². The second-order valence-corrected chi connectivity index (χ2v) is 5.41. The third kappa shape index (κ3) is 5.33. The van der Waals surface area contributed by atoms with Crippen LogP contribution in [-0.4, -0.2) is 23.7 Å². The molecule has 0 saturated heterocycles. The van der Waals surface area contributed by atoms with Gasteiger partial charge in [-0.1, -0.05) is 0 Å². The summed E-state index contributed by atoms with van der Waals surface area (Å²) in [5.74, 6) is 0.964. The first-order chi connectivity index (χ1) is 7.92. The van der Waals surface area contributed by atoms with E-state index in [1.165, 1.54) is 6.39 Å². The fourth-order valence-corrected chi connectivity index (χ4v) is 1.44. The number of hydrogen-bond donors (Lipinski definition) is 1. The molecular formula is C13H24N2O2. The lowest BCUT2D eigenvalue weighted by atomic mass is 10.1. The van der Waals surface area contributed by atoms with Crippen molar-refractivity contribution in [3.63, 3.8) is 0 Å². The summed E-state index contributed by atoms with van der Waals surface area (Å²) in [6.07, 6.45) is 3.60. The van der Waals surface area contributed by atoms with Crippen molar-refractivity contribution in [1.29, 1.82) is 0 Å². The van der Waals surface area contributed by atoms with E-state index in [0.717, 1.165) is 30.8 Å². The molecule has 1 aromatic rings. The first-order valence-corrected chi connectivity index (χ1v) is 6.11. The lowest BCUT2D eigenvalue weighted by Gasteiger charge is -2.19. The van der Waals surface area contributed by atoms with Crippen LogP contribution in [0.15, 0.2) is 10.8 Å². The van der Waals surface area contributed by atoms with Gasteiger partial charge in [-0.05, 0) is 34.1 Å². The Morgan fingerprint density at radius 3 is 2.76 bits per heavy atom. The van der Waals surface area contributed by atoms with Crippen molar-refractivity contribution in [3.8, 4) is 0 Å². The molecule has 0 aliphatic rings. The van der Waals surface area contributed by atoms with Crippen molar-refractivity contribution >= 4 is 0 Å². The van der Waals surface area contributed by atoms with Gasteiger partial charge in [-0.3, -0.25) is 0 Å². The van der Waals surface area contributed by atoms with E-state index in [-0.39, 0.29) is 11.6 Å².